The Balaban J connectivity index is 1.72. The minimum Gasteiger partial charge on any atom is -0.508 e. The van der Waals surface area contributed by atoms with Crippen LogP contribution in [0.15, 0.2) is 82.6 Å². The molecule has 1 N–H and O–H groups in total. The van der Waals surface area contributed by atoms with E-state index in [1.165, 1.54) is 0 Å². The van der Waals surface area contributed by atoms with Crippen LogP contribution in [0.2, 0.25) is 0 Å². The Morgan fingerprint density at radius 2 is 1.00 bits per heavy atom. The Hall–Kier alpha value is -4.65. The smallest absolute Gasteiger partial charge is 0.161 e. The number of ether oxygens (including phenoxy) is 4. The Kier molecular flexibility index (Phi) is 8.94. The number of aromatic hydroxyl groups is 1. The van der Waals surface area contributed by atoms with Gasteiger partial charge in [0.1, 0.15) is 5.75 Å². The first-order valence-electron chi connectivity index (χ1n) is 12.0. The number of rotatable bonds is 6. The van der Waals surface area contributed by atoms with Gasteiger partial charge in [0.25, 0.3) is 0 Å². The monoisotopic (exact) mass is 536 g/mol. The predicted molar refractivity (Wildman–Crippen MR) is 154 cm³/mol. The van der Waals surface area contributed by atoms with Gasteiger partial charge in [-0.05, 0) is 85.3 Å². The largest absolute Gasteiger partial charge is 0.508 e. The van der Waals surface area contributed by atoms with Gasteiger partial charge in [0.2, 0.25) is 0 Å². The molecule has 4 rings (SSSR count). The number of methoxy groups -OCH3 is 4. The average Bonchev–Trinajstić information content (AvgIpc) is 2.96. The van der Waals surface area contributed by atoms with Gasteiger partial charge in [0.15, 0.2) is 23.0 Å². The fraction of sp³-hybridized carbons (Fsp3) is 0.152. The van der Waals surface area contributed by atoms with Crippen molar-refractivity contribution in [2.45, 2.75) is 16.7 Å². The molecule has 6 heteroatoms. The van der Waals surface area contributed by atoms with Crippen LogP contribution in [0.3, 0.4) is 0 Å². The molecule has 0 aliphatic rings. The van der Waals surface area contributed by atoms with E-state index in [1.807, 2.05) is 73.7 Å². The second-order valence-electron chi connectivity index (χ2n) is 8.44. The van der Waals surface area contributed by atoms with E-state index in [-0.39, 0.29) is 5.75 Å². The topological polar surface area (TPSA) is 57.2 Å². The molecule has 0 fully saturated rings. The number of benzene rings is 4. The van der Waals surface area contributed by atoms with E-state index in [9.17, 15) is 5.11 Å². The van der Waals surface area contributed by atoms with Crippen LogP contribution in [-0.2, 0) is 0 Å². The minimum atomic E-state index is 0.273. The fourth-order valence-corrected chi connectivity index (χ4v) is 4.76. The zero-order valence-corrected chi connectivity index (χ0v) is 23.2. The number of hydrogen-bond donors (Lipinski definition) is 1. The van der Waals surface area contributed by atoms with Gasteiger partial charge in [0, 0.05) is 32.0 Å². The number of hydrogen-bond acceptors (Lipinski definition) is 6. The van der Waals surface area contributed by atoms with Crippen molar-refractivity contribution in [2.75, 3.05) is 28.4 Å². The van der Waals surface area contributed by atoms with Crippen molar-refractivity contribution in [3.05, 3.63) is 101 Å². The molecule has 0 aliphatic carbocycles. The molecule has 0 radical (unpaired) electrons. The second-order valence-corrected chi connectivity index (χ2v) is 9.58. The molecule has 0 spiro atoms. The third-order valence-electron chi connectivity index (χ3n) is 5.78. The maximum Gasteiger partial charge on any atom is 0.161 e. The standard InChI is InChI=1S/C33H28O5S/c1-22-16-27(12-13-29(22)34)39-28-18-25(8-6-23-10-14-30(35-2)32(20-23)37-4)17-26(19-28)9-7-24-11-15-31(36-3)33(21-24)38-5/h10-21,34H,1-5H3. The predicted octanol–water partition coefficient (Wildman–Crippen LogP) is 6.69. The summed E-state index contributed by atoms with van der Waals surface area (Å²) in [6.07, 6.45) is 0. The molecule has 4 aromatic rings. The lowest BCUT2D eigenvalue weighted by Crippen LogP contribution is -1.91. The molecule has 0 heterocycles. The highest BCUT2D eigenvalue weighted by Crippen LogP contribution is 2.32. The zero-order valence-electron chi connectivity index (χ0n) is 22.4. The van der Waals surface area contributed by atoms with E-state index in [0.29, 0.717) is 23.0 Å². The van der Waals surface area contributed by atoms with Gasteiger partial charge in [-0.3, -0.25) is 0 Å². The van der Waals surface area contributed by atoms with Gasteiger partial charge in [0.05, 0.1) is 28.4 Å². The Bertz CT molecular complexity index is 1530. The van der Waals surface area contributed by atoms with Crippen LogP contribution in [0.25, 0.3) is 0 Å². The van der Waals surface area contributed by atoms with Crippen molar-refractivity contribution in [1.82, 2.24) is 0 Å². The van der Waals surface area contributed by atoms with Crippen LogP contribution in [0, 0.1) is 30.6 Å². The van der Waals surface area contributed by atoms with Crippen molar-refractivity contribution >= 4 is 11.8 Å². The molecule has 196 valence electrons. The lowest BCUT2D eigenvalue weighted by atomic mass is 10.1. The molecule has 0 atom stereocenters. The van der Waals surface area contributed by atoms with Crippen LogP contribution in [0.4, 0.5) is 0 Å². The van der Waals surface area contributed by atoms with Gasteiger partial charge in [-0.15, -0.1) is 0 Å². The van der Waals surface area contributed by atoms with Crippen LogP contribution in [-0.4, -0.2) is 33.5 Å². The third-order valence-corrected chi connectivity index (χ3v) is 6.74. The fourth-order valence-electron chi connectivity index (χ4n) is 3.75. The SMILES string of the molecule is COc1ccc(C#Cc2cc(C#Cc3ccc(OC)c(OC)c3)cc(Sc3ccc(O)c(C)c3)c2)cc1OC. The summed E-state index contributed by atoms with van der Waals surface area (Å²) in [4.78, 5) is 1.99. The first kappa shape index (κ1) is 27.4. The summed E-state index contributed by atoms with van der Waals surface area (Å²) < 4.78 is 21.5. The molecule has 5 nitrogen and oxygen atoms in total. The van der Waals surface area contributed by atoms with E-state index in [2.05, 4.69) is 23.7 Å². The molecular weight excluding hydrogens is 508 g/mol. The van der Waals surface area contributed by atoms with Crippen molar-refractivity contribution in [2.24, 2.45) is 0 Å². The van der Waals surface area contributed by atoms with Gasteiger partial charge < -0.3 is 24.1 Å². The highest BCUT2D eigenvalue weighted by molar-refractivity contribution is 7.99. The van der Waals surface area contributed by atoms with E-state index >= 15 is 0 Å². The lowest BCUT2D eigenvalue weighted by molar-refractivity contribution is 0.355. The van der Waals surface area contributed by atoms with Crippen LogP contribution >= 0.6 is 11.8 Å². The van der Waals surface area contributed by atoms with Crippen LogP contribution in [0.5, 0.6) is 28.7 Å². The zero-order chi connectivity index (χ0) is 27.8. The number of aryl methyl sites for hydroxylation is 1. The minimum absolute atomic E-state index is 0.273. The quantitative estimate of drug-likeness (QED) is 0.277. The van der Waals surface area contributed by atoms with E-state index in [0.717, 1.165) is 37.6 Å². The lowest BCUT2D eigenvalue weighted by Gasteiger charge is -2.07. The summed E-state index contributed by atoms with van der Waals surface area (Å²) in [6, 6.07) is 22.7. The Morgan fingerprint density at radius 1 is 0.513 bits per heavy atom. The first-order chi connectivity index (χ1) is 18.9. The first-order valence-corrected chi connectivity index (χ1v) is 12.8. The maximum atomic E-state index is 9.92. The molecule has 0 amide bonds. The summed E-state index contributed by atoms with van der Waals surface area (Å²) in [5, 5.41) is 9.92. The van der Waals surface area contributed by atoms with Crippen molar-refractivity contribution in [3.63, 3.8) is 0 Å². The summed E-state index contributed by atoms with van der Waals surface area (Å²) in [6.45, 7) is 1.88. The van der Waals surface area contributed by atoms with Crippen LogP contribution < -0.4 is 18.9 Å². The molecular formula is C33H28O5S. The highest BCUT2D eigenvalue weighted by atomic mass is 32.2. The highest BCUT2D eigenvalue weighted by Gasteiger charge is 2.06. The van der Waals surface area contributed by atoms with Crippen LogP contribution in [0.1, 0.15) is 27.8 Å². The van der Waals surface area contributed by atoms with Crippen molar-refractivity contribution in [3.8, 4) is 52.4 Å². The Morgan fingerprint density at radius 3 is 1.46 bits per heavy atom. The molecule has 39 heavy (non-hydrogen) atoms. The number of phenols is 1. The number of phenolic OH excluding ortho intramolecular Hbond substituents is 1. The van der Waals surface area contributed by atoms with Gasteiger partial charge in [-0.1, -0.05) is 35.4 Å². The van der Waals surface area contributed by atoms with Crippen molar-refractivity contribution < 1.29 is 24.1 Å². The summed E-state index contributed by atoms with van der Waals surface area (Å²) in [7, 11) is 6.41. The second kappa shape index (κ2) is 12.7. The molecule has 0 saturated heterocycles. The van der Waals surface area contributed by atoms with Gasteiger partial charge >= 0.3 is 0 Å². The summed E-state index contributed by atoms with van der Waals surface area (Å²) in [5.74, 6) is 15.8. The maximum absolute atomic E-state index is 9.92. The third kappa shape index (κ3) is 7.02. The molecule has 0 aliphatic heterocycles. The van der Waals surface area contributed by atoms with E-state index < -0.39 is 0 Å². The van der Waals surface area contributed by atoms with E-state index in [1.54, 1.807) is 46.3 Å². The molecule has 4 aromatic carbocycles. The summed E-state index contributed by atoms with van der Waals surface area (Å²) in [5.41, 5.74) is 4.07. The Labute approximate surface area is 233 Å². The molecule has 0 bridgehead atoms. The molecule has 0 unspecified atom stereocenters. The van der Waals surface area contributed by atoms with Gasteiger partial charge in [-0.25, -0.2) is 0 Å². The normalized spacial score (nSPS) is 9.97. The van der Waals surface area contributed by atoms with Crippen molar-refractivity contribution in [1.29, 1.82) is 0 Å². The average molecular weight is 537 g/mol. The molecule has 0 saturated carbocycles. The van der Waals surface area contributed by atoms with Gasteiger partial charge in [-0.2, -0.15) is 0 Å². The summed E-state index contributed by atoms with van der Waals surface area (Å²) >= 11 is 1.58. The molecule has 0 aromatic heterocycles. The van der Waals surface area contributed by atoms with E-state index in [4.69, 9.17) is 18.9 Å².